The molecule has 92 valence electrons. The molecular formula is C13H18ClN3. The fraction of sp³-hybridized carbons (Fsp3) is 0.462. The lowest BCUT2D eigenvalue weighted by Crippen LogP contribution is -2.31. The number of benzene rings is 1. The maximum absolute atomic E-state index is 5.82. The van der Waals surface area contributed by atoms with Gasteiger partial charge < -0.3 is 9.80 Å². The monoisotopic (exact) mass is 251 g/mol. The highest BCUT2D eigenvalue weighted by atomic mass is 35.5. The average molecular weight is 252 g/mol. The summed E-state index contributed by atoms with van der Waals surface area (Å²) < 4.78 is 0. The zero-order valence-electron chi connectivity index (χ0n) is 10.3. The highest BCUT2D eigenvalue weighted by molar-refractivity contribution is 6.17. The van der Waals surface area contributed by atoms with Crippen molar-refractivity contribution in [1.82, 2.24) is 9.80 Å². The Labute approximate surface area is 108 Å². The van der Waals surface area contributed by atoms with E-state index in [1.54, 1.807) is 0 Å². The third-order valence-electron chi connectivity index (χ3n) is 3.12. The SMILES string of the molecule is CN1CC(CCCl)N(C)/C1=N\c1ccccc1. The molecule has 0 saturated carbocycles. The van der Waals surface area contributed by atoms with Gasteiger partial charge in [-0.1, -0.05) is 18.2 Å². The lowest BCUT2D eigenvalue weighted by molar-refractivity contribution is 0.390. The summed E-state index contributed by atoms with van der Waals surface area (Å²) in [6, 6.07) is 10.5. The summed E-state index contributed by atoms with van der Waals surface area (Å²) in [5, 5.41) is 0. The van der Waals surface area contributed by atoms with E-state index in [9.17, 15) is 0 Å². The molecular weight excluding hydrogens is 234 g/mol. The topological polar surface area (TPSA) is 18.8 Å². The van der Waals surface area contributed by atoms with E-state index in [4.69, 9.17) is 11.6 Å². The fourth-order valence-electron chi connectivity index (χ4n) is 2.15. The maximum atomic E-state index is 5.82. The third-order valence-corrected chi connectivity index (χ3v) is 3.34. The van der Waals surface area contributed by atoms with Gasteiger partial charge in [0.1, 0.15) is 0 Å². The van der Waals surface area contributed by atoms with E-state index in [1.165, 1.54) is 0 Å². The van der Waals surface area contributed by atoms with Crippen molar-refractivity contribution in [2.45, 2.75) is 12.5 Å². The first kappa shape index (κ1) is 12.2. The van der Waals surface area contributed by atoms with Gasteiger partial charge in [-0.15, -0.1) is 11.6 Å². The molecule has 4 heteroatoms. The predicted octanol–water partition coefficient (Wildman–Crippen LogP) is 2.55. The van der Waals surface area contributed by atoms with Crippen LogP contribution in [0.2, 0.25) is 0 Å². The quantitative estimate of drug-likeness (QED) is 0.769. The van der Waals surface area contributed by atoms with Gasteiger partial charge in [-0.2, -0.15) is 0 Å². The molecule has 1 aromatic rings. The highest BCUT2D eigenvalue weighted by Crippen LogP contribution is 2.19. The van der Waals surface area contributed by atoms with Gasteiger partial charge in [-0.3, -0.25) is 0 Å². The van der Waals surface area contributed by atoms with Crippen LogP contribution in [0.15, 0.2) is 35.3 Å². The Morgan fingerprint density at radius 1 is 1.29 bits per heavy atom. The van der Waals surface area contributed by atoms with Crippen LogP contribution in [0, 0.1) is 0 Å². The largest absolute Gasteiger partial charge is 0.344 e. The van der Waals surface area contributed by atoms with E-state index < -0.39 is 0 Å². The van der Waals surface area contributed by atoms with Crippen LogP contribution in [0.1, 0.15) is 6.42 Å². The summed E-state index contributed by atoms with van der Waals surface area (Å²) in [4.78, 5) is 9.08. The van der Waals surface area contributed by atoms with Gasteiger partial charge in [0, 0.05) is 26.5 Å². The number of guanidine groups is 1. The zero-order valence-corrected chi connectivity index (χ0v) is 11.1. The van der Waals surface area contributed by atoms with Crippen molar-refractivity contribution in [2.24, 2.45) is 4.99 Å². The molecule has 1 saturated heterocycles. The Morgan fingerprint density at radius 2 is 2.00 bits per heavy atom. The summed E-state index contributed by atoms with van der Waals surface area (Å²) >= 11 is 5.82. The summed E-state index contributed by atoms with van der Waals surface area (Å²) in [7, 11) is 4.16. The molecule has 0 N–H and O–H groups in total. The van der Waals surface area contributed by atoms with Gasteiger partial charge in [-0.05, 0) is 18.6 Å². The van der Waals surface area contributed by atoms with E-state index in [0.717, 1.165) is 24.6 Å². The van der Waals surface area contributed by atoms with Crippen molar-refractivity contribution in [2.75, 3.05) is 26.5 Å². The van der Waals surface area contributed by atoms with Gasteiger partial charge in [0.2, 0.25) is 5.96 Å². The maximum Gasteiger partial charge on any atom is 0.201 e. The van der Waals surface area contributed by atoms with Crippen LogP contribution >= 0.6 is 11.6 Å². The molecule has 1 heterocycles. The van der Waals surface area contributed by atoms with Crippen molar-refractivity contribution >= 4 is 23.2 Å². The van der Waals surface area contributed by atoms with Crippen molar-refractivity contribution in [3.05, 3.63) is 30.3 Å². The highest BCUT2D eigenvalue weighted by Gasteiger charge is 2.29. The first-order chi connectivity index (χ1) is 8.22. The molecule has 0 amide bonds. The molecule has 0 bridgehead atoms. The van der Waals surface area contributed by atoms with Crippen molar-refractivity contribution in [1.29, 1.82) is 0 Å². The molecule has 17 heavy (non-hydrogen) atoms. The van der Waals surface area contributed by atoms with Crippen LogP contribution in [0.25, 0.3) is 0 Å². The van der Waals surface area contributed by atoms with Crippen LogP contribution in [-0.4, -0.2) is 48.3 Å². The van der Waals surface area contributed by atoms with E-state index in [2.05, 4.69) is 28.9 Å². The molecule has 0 radical (unpaired) electrons. The molecule has 3 nitrogen and oxygen atoms in total. The molecule has 1 aromatic carbocycles. The number of halogens is 1. The second-order valence-electron chi connectivity index (χ2n) is 4.37. The minimum absolute atomic E-state index is 0.472. The Bertz CT molecular complexity index is 391. The predicted molar refractivity (Wildman–Crippen MR) is 73.1 cm³/mol. The van der Waals surface area contributed by atoms with Gasteiger partial charge in [-0.25, -0.2) is 4.99 Å². The molecule has 0 aliphatic carbocycles. The normalized spacial score (nSPS) is 22.5. The van der Waals surface area contributed by atoms with Gasteiger partial charge in [0.05, 0.1) is 11.7 Å². The number of aliphatic imine (C=N–C) groups is 1. The third kappa shape index (κ3) is 2.72. The van der Waals surface area contributed by atoms with Gasteiger partial charge >= 0.3 is 0 Å². The van der Waals surface area contributed by atoms with E-state index >= 15 is 0 Å². The van der Waals surface area contributed by atoms with Crippen LogP contribution in [0.4, 0.5) is 5.69 Å². The lowest BCUT2D eigenvalue weighted by Gasteiger charge is -2.19. The van der Waals surface area contributed by atoms with Gasteiger partial charge in [0.25, 0.3) is 0 Å². The molecule has 0 aromatic heterocycles. The summed E-state index contributed by atoms with van der Waals surface area (Å²) in [5.41, 5.74) is 0.993. The molecule has 1 fully saturated rings. The van der Waals surface area contributed by atoms with Crippen LogP contribution < -0.4 is 0 Å². The number of nitrogens with zero attached hydrogens (tertiary/aromatic N) is 3. The second kappa shape index (κ2) is 5.41. The number of para-hydroxylation sites is 1. The number of alkyl halides is 1. The Morgan fingerprint density at radius 3 is 2.65 bits per heavy atom. The van der Waals surface area contributed by atoms with Crippen molar-refractivity contribution in [3.63, 3.8) is 0 Å². The minimum atomic E-state index is 0.472. The fourth-order valence-corrected chi connectivity index (χ4v) is 2.40. The van der Waals surface area contributed by atoms with Crippen LogP contribution in [0.3, 0.4) is 0 Å². The second-order valence-corrected chi connectivity index (χ2v) is 4.75. The Balaban J connectivity index is 2.18. The van der Waals surface area contributed by atoms with E-state index in [-0.39, 0.29) is 0 Å². The first-order valence-corrected chi connectivity index (χ1v) is 6.39. The minimum Gasteiger partial charge on any atom is -0.344 e. The van der Waals surface area contributed by atoms with Crippen molar-refractivity contribution < 1.29 is 0 Å². The number of rotatable bonds is 3. The van der Waals surface area contributed by atoms with Crippen LogP contribution in [0.5, 0.6) is 0 Å². The molecule has 2 rings (SSSR count). The summed E-state index contributed by atoms with van der Waals surface area (Å²) in [5.74, 6) is 1.72. The van der Waals surface area contributed by atoms with Crippen LogP contribution in [-0.2, 0) is 0 Å². The van der Waals surface area contributed by atoms with Gasteiger partial charge in [0.15, 0.2) is 0 Å². The van der Waals surface area contributed by atoms with E-state index in [0.29, 0.717) is 11.9 Å². The molecule has 1 aliphatic heterocycles. The molecule has 1 unspecified atom stereocenters. The first-order valence-electron chi connectivity index (χ1n) is 5.86. The summed E-state index contributed by atoms with van der Waals surface area (Å²) in [6.07, 6.45) is 0.996. The van der Waals surface area contributed by atoms with Crippen molar-refractivity contribution in [3.8, 4) is 0 Å². The smallest absolute Gasteiger partial charge is 0.201 e. The summed E-state index contributed by atoms with van der Waals surface area (Å²) in [6.45, 7) is 0.995. The molecule has 0 spiro atoms. The number of hydrogen-bond acceptors (Lipinski definition) is 1. The number of hydrogen-bond donors (Lipinski definition) is 0. The Hall–Kier alpha value is -1.22. The van der Waals surface area contributed by atoms with E-state index in [1.807, 2.05) is 30.3 Å². The lowest BCUT2D eigenvalue weighted by atomic mass is 10.2. The molecule has 1 atom stereocenters. The standard InChI is InChI=1S/C13H18ClN3/c1-16-10-12(8-9-14)17(2)13(16)15-11-6-4-3-5-7-11/h3-7,12H,8-10H2,1-2H3/b15-13-. The zero-order chi connectivity index (χ0) is 12.3. The average Bonchev–Trinajstić information content (AvgIpc) is 2.59. The molecule has 1 aliphatic rings. The number of likely N-dealkylation sites (N-methyl/N-ethyl adjacent to an activating group) is 2. The Kier molecular flexibility index (Phi) is 3.89.